The van der Waals surface area contributed by atoms with Gasteiger partial charge in [0.25, 0.3) is 5.56 Å². The second-order valence-electron chi connectivity index (χ2n) is 5.49. The van der Waals surface area contributed by atoms with E-state index in [2.05, 4.69) is 10.3 Å². The van der Waals surface area contributed by atoms with E-state index in [1.54, 1.807) is 28.9 Å². The average molecular weight is 314 g/mol. The van der Waals surface area contributed by atoms with Gasteiger partial charge in [0.15, 0.2) is 5.82 Å². The summed E-state index contributed by atoms with van der Waals surface area (Å²) in [7, 11) is 1.69. The Balaban J connectivity index is 2.11. The summed E-state index contributed by atoms with van der Waals surface area (Å²) >= 11 is 0. The minimum Gasteiger partial charge on any atom is -0.346 e. The van der Waals surface area contributed by atoms with E-state index in [-0.39, 0.29) is 23.8 Å². The molecule has 1 N–H and O–H groups in total. The van der Waals surface area contributed by atoms with Crippen molar-refractivity contribution < 1.29 is 4.79 Å². The summed E-state index contributed by atoms with van der Waals surface area (Å²) in [5.74, 6) is 0.0831. The summed E-state index contributed by atoms with van der Waals surface area (Å²) < 4.78 is 1.56. The number of rotatable bonds is 5. The number of likely N-dealkylation sites (N-methyl/N-ethyl adjacent to an activating group) is 1. The zero-order valence-corrected chi connectivity index (χ0v) is 14.0. The molecule has 6 nitrogen and oxygen atoms in total. The molecule has 0 atom stereocenters. The molecule has 0 unspecified atom stereocenters. The van der Waals surface area contributed by atoms with Crippen LogP contribution >= 0.6 is 0 Å². The second kappa shape index (κ2) is 7.09. The normalized spacial score (nSPS) is 10.4. The molecule has 0 aliphatic rings. The second-order valence-corrected chi connectivity index (χ2v) is 5.49. The number of carbonyl (C=O) groups excluding carboxylic acids is 1. The SMILES string of the molecule is CCn1ccnc(N(C)CC(=O)Nc2cccc(C)c2C)c1=O. The van der Waals surface area contributed by atoms with Crippen molar-refractivity contribution in [2.45, 2.75) is 27.3 Å². The molecule has 0 radical (unpaired) electrons. The Hall–Kier alpha value is -2.63. The van der Waals surface area contributed by atoms with Gasteiger partial charge in [-0.2, -0.15) is 0 Å². The standard InChI is InChI=1S/C17H22N4O2/c1-5-21-10-9-18-16(17(21)23)20(4)11-15(22)19-14-8-6-7-12(2)13(14)3/h6-10H,5,11H2,1-4H3,(H,19,22). The van der Waals surface area contributed by atoms with E-state index in [0.29, 0.717) is 6.54 Å². The lowest BCUT2D eigenvalue weighted by Gasteiger charge is -2.18. The number of hydrogen-bond donors (Lipinski definition) is 1. The van der Waals surface area contributed by atoms with Gasteiger partial charge in [0, 0.05) is 31.7 Å². The molecule has 0 aliphatic heterocycles. The van der Waals surface area contributed by atoms with Crippen LogP contribution in [-0.2, 0) is 11.3 Å². The summed E-state index contributed by atoms with van der Waals surface area (Å²) in [6.45, 7) is 6.48. The summed E-state index contributed by atoms with van der Waals surface area (Å²) in [4.78, 5) is 30.1. The van der Waals surface area contributed by atoms with Crippen LogP contribution in [0.4, 0.5) is 11.5 Å². The fourth-order valence-electron chi connectivity index (χ4n) is 2.31. The van der Waals surface area contributed by atoms with E-state index in [9.17, 15) is 9.59 Å². The van der Waals surface area contributed by atoms with Gasteiger partial charge in [-0.3, -0.25) is 9.59 Å². The molecule has 1 aromatic heterocycles. The molecule has 2 rings (SSSR count). The van der Waals surface area contributed by atoms with Gasteiger partial charge in [-0.15, -0.1) is 0 Å². The van der Waals surface area contributed by atoms with Crippen molar-refractivity contribution in [1.82, 2.24) is 9.55 Å². The molecule has 0 bridgehead atoms. The van der Waals surface area contributed by atoms with Crippen LogP contribution < -0.4 is 15.8 Å². The number of hydrogen-bond acceptors (Lipinski definition) is 4. The third-order valence-corrected chi connectivity index (χ3v) is 3.86. The number of benzene rings is 1. The van der Waals surface area contributed by atoms with E-state index in [0.717, 1.165) is 16.8 Å². The minimum absolute atomic E-state index is 0.0589. The Morgan fingerprint density at radius 3 is 2.78 bits per heavy atom. The van der Waals surface area contributed by atoms with Crippen molar-refractivity contribution in [3.05, 3.63) is 52.1 Å². The van der Waals surface area contributed by atoms with Crippen molar-refractivity contribution >= 4 is 17.4 Å². The summed E-state index contributed by atoms with van der Waals surface area (Å²) in [6.07, 6.45) is 3.20. The van der Waals surface area contributed by atoms with Crippen LogP contribution in [-0.4, -0.2) is 29.1 Å². The third-order valence-electron chi connectivity index (χ3n) is 3.86. The highest BCUT2D eigenvalue weighted by Gasteiger charge is 2.14. The van der Waals surface area contributed by atoms with Gasteiger partial charge < -0.3 is 14.8 Å². The number of aryl methyl sites for hydroxylation is 2. The molecule has 0 saturated heterocycles. The molecule has 0 fully saturated rings. The van der Waals surface area contributed by atoms with Crippen LogP contribution in [0.5, 0.6) is 0 Å². The predicted octanol–water partition coefficient (Wildman–Crippen LogP) is 1.95. The summed E-state index contributed by atoms with van der Waals surface area (Å²) in [5, 5.41) is 2.88. The molecule has 1 amide bonds. The maximum Gasteiger partial charge on any atom is 0.293 e. The van der Waals surface area contributed by atoms with E-state index in [1.807, 2.05) is 39.0 Å². The first-order valence-electron chi connectivity index (χ1n) is 7.56. The van der Waals surface area contributed by atoms with E-state index < -0.39 is 0 Å². The monoisotopic (exact) mass is 314 g/mol. The van der Waals surface area contributed by atoms with Crippen molar-refractivity contribution in [1.29, 1.82) is 0 Å². The van der Waals surface area contributed by atoms with Gasteiger partial charge in [-0.1, -0.05) is 12.1 Å². The Bertz CT molecular complexity index is 767. The van der Waals surface area contributed by atoms with Crippen molar-refractivity contribution in [2.75, 3.05) is 23.8 Å². The largest absolute Gasteiger partial charge is 0.346 e. The molecule has 122 valence electrons. The number of aromatic nitrogens is 2. The Morgan fingerprint density at radius 1 is 1.35 bits per heavy atom. The molecule has 0 spiro atoms. The molecule has 0 aliphatic carbocycles. The molecular weight excluding hydrogens is 292 g/mol. The highest BCUT2D eigenvalue weighted by molar-refractivity contribution is 5.94. The average Bonchev–Trinajstić information content (AvgIpc) is 2.52. The van der Waals surface area contributed by atoms with Crippen molar-refractivity contribution in [2.24, 2.45) is 0 Å². The number of anilines is 2. The third kappa shape index (κ3) is 3.77. The van der Waals surface area contributed by atoms with Crippen LogP contribution in [0.2, 0.25) is 0 Å². The van der Waals surface area contributed by atoms with E-state index in [1.165, 1.54) is 0 Å². The van der Waals surface area contributed by atoms with Gasteiger partial charge in [-0.05, 0) is 38.0 Å². The van der Waals surface area contributed by atoms with Crippen LogP contribution in [0.25, 0.3) is 0 Å². The molecular formula is C17H22N4O2. The lowest BCUT2D eigenvalue weighted by atomic mass is 10.1. The minimum atomic E-state index is -0.197. The number of amides is 1. The first-order chi connectivity index (χ1) is 10.9. The highest BCUT2D eigenvalue weighted by atomic mass is 16.2. The van der Waals surface area contributed by atoms with Gasteiger partial charge in [-0.25, -0.2) is 4.98 Å². The van der Waals surface area contributed by atoms with Gasteiger partial charge >= 0.3 is 0 Å². The lowest BCUT2D eigenvalue weighted by Crippen LogP contribution is -2.36. The molecule has 0 saturated carbocycles. The lowest BCUT2D eigenvalue weighted by molar-refractivity contribution is -0.114. The van der Waals surface area contributed by atoms with Crippen LogP contribution in [0.15, 0.2) is 35.4 Å². The fourth-order valence-corrected chi connectivity index (χ4v) is 2.31. The highest BCUT2D eigenvalue weighted by Crippen LogP contribution is 2.17. The predicted molar refractivity (Wildman–Crippen MR) is 92.0 cm³/mol. The number of carbonyl (C=O) groups is 1. The molecule has 2 aromatic rings. The van der Waals surface area contributed by atoms with Crippen LogP contribution in [0.3, 0.4) is 0 Å². The molecule has 1 aromatic carbocycles. The first-order valence-corrected chi connectivity index (χ1v) is 7.56. The zero-order chi connectivity index (χ0) is 17.0. The quantitative estimate of drug-likeness (QED) is 0.916. The fraction of sp³-hybridized carbons (Fsp3) is 0.353. The Morgan fingerprint density at radius 2 is 2.09 bits per heavy atom. The van der Waals surface area contributed by atoms with Crippen molar-refractivity contribution in [3.63, 3.8) is 0 Å². The maximum atomic E-state index is 12.2. The number of nitrogens with zero attached hydrogens (tertiary/aromatic N) is 3. The maximum absolute atomic E-state index is 12.2. The van der Waals surface area contributed by atoms with Gasteiger partial charge in [0.2, 0.25) is 5.91 Å². The topological polar surface area (TPSA) is 67.2 Å². The van der Waals surface area contributed by atoms with E-state index in [4.69, 9.17) is 0 Å². The summed E-state index contributed by atoms with van der Waals surface area (Å²) in [6, 6.07) is 5.77. The van der Waals surface area contributed by atoms with Gasteiger partial charge in [0.1, 0.15) is 0 Å². The first kappa shape index (κ1) is 16.7. The zero-order valence-electron chi connectivity index (χ0n) is 14.0. The Labute approximate surface area is 135 Å². The van der Waals surface area contributed by atoms with E-state index >= 15 is 0 Å². The molecule has 23 heavy (non-hydrogen) atoms. The Kier molecular flexibility index (Phi) is 5.16. The van der Waals surface area contributed by atoms with Crippen LogP contribution in [0.1, 0.15) is 18.1 Å². The molecule has 6 heteroatoms. The summed E-state index contributed by atoms with van der Waals surface area (Å²) in [5.41, 5.74) is 2.74. The number of nitrogens with one attached hydrogen (secondary N) is 1. The van der Waals surface area contributed by atoms with Gasteiger partial charge in [0.05, 0.1) is 6.54 Å². The van der Waals surface area contributed by atoms with Crippen molar-refractivity contribution in [3.8, 4) is 0 Å². The smallest absolute Gasteiger partial charge is 0.293 e. The van der Waals surface area contributed by atoms with Crippen LogP contribution in [0, 0.1) is 13.8 Å². The molecule has 1 heterocycles.